The molecule has 0 heterocycles. The van der Waals surface area contributed by atoms with E-state index in [0.29, 0.717) is 35.8 Å². The third-order valence-corrected chi connectivity index (χ3v) is 22.9. The minimum Gasteiger partial charge on any atom is -0.493 e. The van der Waals surface area contributed by atoms with Crippen LogP contribution in [0.5, 0.6) is 11.5 Å². The van der Waals surface area contributed by atoms with Gasteiger partial charge in [0, 0.05) is 27.9 Å². The SMILES string of the molecule is CCCCC1CCC(c2ccc(C(C)=O)cc2)CC1.CCCCCCCCc1ccc(C)cc1.CCCCCCCOc1cc(CO)c(OCCCCCC)cc1CO.CCCCCCCc1ccc(N)cc1.CCCCCc1ccc(-c2ccc(-c3ccc(C)cc3)cc2)cc1.CC[C@H](C)Cc1ccc(-c2ccc(C(C)=O)cc2)cc1. The number of Topliss-reactive ketones (excluding diaryl/α,β-unsaturated/α-hetero) is 2. The highest BCUT2D eigenvalue weighted by Gasteiger charge is 2.22. The Morgan fingerprint density at radius 3 is 1.05 bits per heavy atom. The van der Waals surface area contributed by atoms with E-state index in [0.717, 1.165) is 72.2 Å². The molecule has 0 unspecified atom stereocenters. The van der Waals surface area contributed by atoms with Gasteiger partial charge in [-0.1, -0.05) is 390 Å². The number of aliphatic hydroxyl groups is 2. The number of carbonyl (C=O) groups excluding carboxylic acids is 2. The minimum absolute atomic E-state index is 0.0942. The summed E-state index contributed by atoms with van der Waals surface area (Å²) < 4.78 is 11.7. The molecule has 117 heavy (non-hydrogen) atoms. The summed E-state index contributed by atoms with van der Waals surface area (Å²) in [6.45, 7) is 26.5. The molecule has 0 saturated heterocycles. The number of rotatable bonds is 44. The van der Waals surface area contributed by atoms with Crippen molar-refractivity contribution >= 4 is 17.3 Å². The summed E-state index contributed by atoms with van der Waals surface area (Å²) in [4.78, 5) is 22.5. The van der Waals surface area contributed by atoms with E-state index in [1.54, 1.807) is 26.0 Å². The number of nitrogens with two attached hydrogens (primary N) is 1. The minimum atomic E-state index is -0.0944. The average molecular weight is 1590 g/mol. The average Bonchev–Trinajstić information content (AvgIpc) is 0.845. The number of aliphatic hydroxyl groups excluding tert-OH is 2. The predicted molar refractivity (Wildman–Crippen MR) is 505 cm³/mol. The number of aryl methyl sites for hydroxylation is 5. The topological polar surface area (TPSA) is 119 Å². The second kappa shape index (κ2) is 61.0. The van der Waals surface area contributed by atoms with Crippen LogP contribution in [-0.4, -0.2) is 35.0 Å². The molecule has 0 bridgehead atoms. The zero-order valence-electron chi connectivity index (χ0n) is 75.0. The summed E-state index contributed by atoms with van der Waals surface area (Å²) in [5.74, 6) is 4.00. The van der Waals surface area contributed by atoms with Crippen LogP contribution in [0.1, 0.15) is 345 Å². The molecule has 9 aromatic carbocycles. The van der Waals surface area contributed by atoms with Crippen molar-refractivity contribution in [1.29, 1.82) is 0 Å². The van der Waals surface area contributed by atoms with Crippen LogP contribution in [0.15, 0.2) is 206 Å². The largest absolute Gasteiger partial charge is 0.493 e. The van der Waals surface area contributed by atoms with E-state index in [4.69, 9.17) is 15.2 Å². The third-order valence-electron chi connectivity index (χ3n) is 22.9. The van der Waals surface area contributed by atoms with Crippen LogP contribution in [0.4, 0.5) is 5.69 Å². The number of carbonyl (C=O) groups is 2. The molecule has 1 fully saturated rings. The summed E-state index contributed by atoms with van der Waals surface area (Å²) in [6, 6.07) is 72.3. The van der Waals surface area contributed by atoms with E-state index in [9.17, 15) is 19.8 Å². The van der Waals surface area contributed by atoms with Gasteiger partial charge in [0.05, 0.1) is 26.4 Å². The molecule has 1 atom stereocenters. The van der Waals surface area contributed by atoms with E-state index in [1.807, 2.05) is 48.5 Å². The number of nitrogen functional groups attached to an aromatic ring is 1. The Hall–Kier alpha value is -8.36. The second-order valence-corrected chi connectivity index (χ2v) is 33.1. The maximum absolute atomic E-state index is 11.3. The van der Waals surface area contributed by atoms with Crippen molar-refractivity contribution in [3.8, 4) is 44.9 Å². The first-order valence-electron chi connectivity index (χ1n) is 46.1. The van der Waals surface area contributed by atoms with Gasteiger partial charge in [0.2, 0.25) is 0 Å². The summed E-state index contributed by atoms with van der Waals surface area (Å²) >= 11 is 0. The van der Waals surface area contributed by atoms with Gasteiger partial charge >= 0.3 is 0 Å². The molecule has 4 N–H and O–H groups in total. The Labute approximate surface area is 712 Å². The fourth-order valence-corrected chi connectivity index (χ4v) is 14.8. The van der Waals surface area contributed by atoms with Gasteiger partial charge in [0.25, 0.3) is 0 Å². The first-order valence-corrected chi connectivity index (χ1v) is 46.1. The lowest BCUT2D eigenvalue weighted by molar-refractivity contribution is 0.100. The molecule has 0 spiro atoms. The lowest BCUT2D eigenvalue weighted by atomic mass is 9.77. The maximum Gasteiger partial charge on any atom is 0.159 e. The molecular formula is C110H155NO6. The Balaban J connectivity index is 0.000000253. The molecule has 1 aliphatic rings. The molecule has 0 amide bonds. The summed E-state index contributed by atoms with van der Waals surface area (Å²) in [6.07, 6.45) is 45.0. The Morgan fingerprint density at radius 1 is 0.368 bits per heavy atom. The van der Waals surface area contributed by atoms with Crippen molar-refractivity contribution < 1.29 is 29.3 Å². The van der Waals surface area contributed by atoms with E-state index >= 15 is 0 Å². The zero-order valence-corrected chi connectivity index (χ0v) is 75.0. The van der Waals surface area contributed by atoms with Gasteiger partial charge in [0.15, 0.2) is 11.6 Å². The van der Waals surface area contributed by atoms with E-state index in [2.05, 4.69) is 215 Å². The normalized spacial score (nSPS) is 13.0. The zero-order chi connectivity index (χ0) is 84.5. The Bertz CT molecular complexity index is 3980. The second-order valence-electron chi connectivity index (χ2n) is 33.1. The van der Waals surface area contributed by atoms with Gasteiger partial charge in [0.1, 0.15) is 11.5 Å². The molecule has 0 radical (unpaired) electrons. The number of ether oxygens (including phenoxy) is 2. The van der Waals surface area contributed by atoms with Crippen LogP contribution in [0.2, 0.25) is 0 Å². The van der Waals surface area contributed by atoms with E-state index in [-0.39, 0.29) is 24.8 Å². The molecule has 1 saturated carbocycles. The number of benzene rings is 9. The fraction of sp³-hybridized carbons (Fsp3) is 0.491. The molecule has 0 aliphatic heterocycles. The smallest absolute Gasteiger partial charge is 0.159 e. The summed E-state index contributed by atoms with van der Waals surface area (Å²) in [5.41, 5.74) is 26.8. The number of unbranched alkanes of at least 4 members (excludes halogenated alkanes) is 19. The monoisotopic (exact) mass is 1590 g/mol. The number of hydrogen-bond donors (Lipinski definition) is 3. The summed E-state index contributed by atoms with van der Waals surface area (Å²) in [7, 11) is 0. The molecule has 7 heteroatoms. The van der Waals surface area contributed by atoms with Crippen molar-refractivity contribution in [2.24, 2.45) is 11.8 Å². The molecule has 9 aromatic rings. The highest BCUT2D eigenvalue weighted by Crippen LogP contribution is 2.38. The van der Waals surface area contributed by atoms with Crippen molar-refractivity contribution in [1.82, 2.24) is 0 Å². The molecular weight excluding hydrogens is 1430 g/mol. The lowest BCUT2D eigenvalue weighted by Crippen LogP contribution is -2.13. The first-order chi connectivity index (χ1) is 57.0. The van der Waals surface area contributed by atoms with Crippen LogP contribution in [0, 0.1) is 25.7 Å². The van der Waals surface area contributed by atoms with Gasteiger partial charge in [-0.25, -0.2) is 0 Å². The lowest BCUT2D eigenvalue weighted by Gasteiger charge is -2.28. The Morgan fingerprint density at radius 2 is 0.667 bits per heavy atom. The molecule has 1 aliphatic carbocycles. The molecule has 636 valence electrons. The standard InChI is InChI=1S/C24H26.C21H36O4.C19H22O.C18H26O.C15H24.C13H21N/c1-3-4-5-6-20-9-13-22(14-10-20)24-17-15-23(16-18-24)21-11-7-19(2)8-12-21;1-3-5-7-9-11-13-25-21-15-18(16-22)20(14-19(21)17-23)24-12-10-8-6-4-2;1-4-14(2)13-16-5-7-18(8-6-16)19-11-9-17(10-12-19)15(3)20;1-3-4-5-15-6-8-17(9-7-15)18-12-10-16(11-13-18)14(2)19;1-3-4-5-6-7-8-9-15-12-10-14(2)11-13-15;1-2-3-4-5-6-7-12-8-10-13(14)11-9-12/h7-18H,3-6H2,1-2H3;14-15,22-23H,3-13,16-17H2,1-2H3;5-12,14H,4,13H2,1-3H3;10-13,15,17H,3-9H2,1-2H3;10-13H,3-9H2,1-2H3;8-11H,2-7,14H2,1H3/t;;14-;;;/m..0.../s1. The number of hydrogen-bond acceptors (Lipinski definition) is 7. The predicted octanol–water partition coefficient (Wildman–Crippen LogP) is 31.2. The van der Waals surface area contributed by atoms with Crippen molar-refractivity contribution in [2.75, 3.05) is 18.9 Å². The summed E-state index contributed by atoms with van der Waals surface area (Å²) in [5, 5.41) is 19.2. The van der Waals surface area contributed by atoms with Crippen LogP contribution in [0.25, 0.3) is 33.4 Å². The van der Waals surface area contributed by atoms with Crippen molar-refractivity contribution in [2.45, 2.75) is 327 Å². The van der Waals surface area contributed by atoms with Gasteiger partial charge < -0.3 is 25.4 Å². The van der Waals surface area contributed by atoms with Gasteiger partial charge in [-0.15, -0.1) is 0 Å². The van der Waals surface area contributed by atoms with Gasteiger partial charge in [-0.3, -0.25) is 9.59 Å². The maximum atomic E-state index is 11.3. The molecule has 10 rings (SSSR count). The van der Waals surface area contributed by atoms with Gasteiger partial charge in [-0.05, 0) is 214 Å². The van der Waals surface area contributed by atoms with Crippen LogP contribution in [-0.2, 0) is 38.9 Å². The van der Waals surface area contributed by atoms with Crippen LogP contribution in [0.3, 0.4) is 0 Å². The number of anilines is 1. The quantitative estimate of drug-likeness (QED) is 0.0198. The first kappa shape index (κ1) is 99.2. The van der Waals surface area contributed by atoms with Crippen molar-refractivity contribution in [3.05, 3.63) is 267 Å². The third kappa shape index (κ3) is 41.3. The van der Waals surface area contributed by atoms with Crippen LogP contribution >= 0.6 is 0 Å². The van der Waals surface area contributed by atoms with Gasteiger partial charge in [-0.2, -0.15) is 0 Å². The highest BCUT2D eigenvalue weighted by atomic mass is 16.5. The van der Waals surface area contributed by atoms with E-state index < -0.39 is 0 Å². The number of ketones is 2. The molecule has 0 aromatic heterocycles. The van der Waals surface area contributed by atoms with E-state index in [1.165, 1.54) is 259 Å². The fourth-order valence-electron chi connectivity index (χ4n) is 14.8. The van der Waals surface area contributed by atoms with Crippen molar-refractivity contribution in [3.63, 3.8) is 0 Å². The highest BCUT2D eigenvalue weighted by molar-refractivity contribution is 5.95. The Kier molecular flexibility index (Phi) is 51.7. The molecule has 7 nitrogen and oxygen atoms in total. The van der Waals surface area contributed by atoms with Crippen LogP contribution < -0.4 is 15.2 Å².